The molecule has 2 aromatic rings. The average Bonchev–Trinajstić information content (AvgIpc) is 2.79. The Hall–Kier alpha value is -3.24. The number of aromatic nitrogens is 1. The Balaban J connectivity index is 1.46. The molecule has 1 aromatic carbocycles. The standard InChI is InChI=1S/C23H27N5O2/c24-11-4-14-28(21-5-2-1-3-6-21)23(30)8-7-22(29)27-17-15-26(16-18-27)19-20-9-12-25-13-10-20/h1-3,5-6,9-10,12-13H,4,7-8,14-19H2. The second-order valence-electron chi connectivity index (χ2n) is 7.30. The van der Waals surface area contributed by atoms with Crippen molar-refractivity contribution < 1.29 is 9.59 Å². The lowest BCUT2D eigenvalue weighted by molar-refractivity contribution is -0.134. The lowest BCUT2D eigenvalue weighted by Gasteiger charge is -2.35. The first-order valence-electron chi connectivity index (χ1n) is 10.3. The van der Waals surface area contributed by atoms with Gasteiger partial charge in [0.25, 0.3) is 0 Å². The van der Waals surface area contributed by atoms with Gasteiger partial charge in [0.1, 0.15) is 0 Å². The molecule has 7 heteroatoms. The van der Waals surface area contributed by atoms with Gasteiger partial charge in [-0.3, -0.25) is 19.5 Å². The predicted octanol–water partition coefficient (Wildman–Crippen LogP) is 2.45. The van der Waals surface area contributed by atoms with Crippen LogP contribution in [0.4, 0.5) is 5.69 Å². The topological polar surface area (TPSA) is 80.5 Å². The van der Waals surface area contributed by atoms with Crippen LogP contribution in [-0.4, -0.2) is 59.3 Å². The van der Waals surface area contributed by atoms with Crippen LogP contribution in [0.15, 0.2) is 54.9 Å². The van der Waals surface area contributed by atoms with E-state index in [1.54, 1.807) is 17.3 Å². The molecule has 0 unspecified atom stereocenters. The summed E-state index contributed by atoms with van der Waals surface area (Å²) in [5.74, 6) is -0.110. The van der Waals surface area contributed by atoms with E-state index >= 15 is 0 Å². The van der Waals surface area contributed by atoms with Gasteiger partial charge >= 0.3 is 0 Å². The first-order chi connectivity index (χ1) is 14.7. The van der Waals surface area contributed by atoms with Crippen LogP contribution in [0.5, 0.6) is 0 Å². The summed E-state index contributed by atoms with van der Waals surface area (Å²) in [6, 6.07) is 15.4. The monoisotopic (exact) mass is 405 g/mol. The number of hydrogen-bond acceptors (Lipinski definition) is 5. The van der Waals surface area contributed by atoms with Crippen molar-refractivity contribution in [1.29, 1.82) is 5.26 Å². The summed E-state index contributed by atoms with van der Waals surface area (Å²) in [6.45, 7) is 4.18. The zero-order valence-electron chi connectivity index (χ0n) is 17.1. The van der Waals surface area contributed by atoms with Crippen LogP contribution < -0.4 is 4.90 Å². The van der Waals surface area contributed by atoms with E-state index in [9.17, 15) is 9.59 Å². The number of carbonyl (C=O) groups is 2. The second-order valence-corrected chi connectivity index (χ2v) is 7.30. The lowest BCUT2D eigenvalue weighted by Crippen LogP contribution is -2.48. The Kier molecular flexibility index (Phi) is 7.93. The van der Waals surface area contributed by atoms with Crippen molar-refractivity contribution in [1.82, 2.24) is 14.8 Å². The molecule has 0 spiro atoms. The number of nitrogens with zero attached hydrogens (tertiary/aromatic N) is 5. The molecule has 0 bridgehead atoms. The van der Waals surface area contributed by atoms with Gasteiger partial charge in [0.2, 0.25) is 11.8 Å². The van der Waals surface area contributed by atoms with E-state index in [1.165, 1.54) is 5.56 Å². The number of pyridine rings is 1. The third-order valence-electron chi connectivity index (χ3n) is 5.25. The molecule has 1 saturated heterocycles. The van der Waals surface area contributed by atoms with E-state index in [-0.39, 0.29) is 31.1 Å². The van der Waals surface area contributed by atoms with E-state index in [0.29, 0.717) is 19.6 Å². The molecule has 1 aromatic heterocycles. The minimum atomic E-state index is -0.124. The number of amides is 2. The Labute approximate surface area is 177 Å². The van der Waals surface area contributed by atoms with Gasteiger partial charge in [-0.2, -0.15) is 5.26 Å². The minimum absolute atomic E-state index is 0.0141. The Morgan fingerprint density at radius 3 is 2.37 bits per heavy atom. The van der Waals surface area contributed by atoms with Gasteiger partial charge in [-0.15, -0.1) is 0 Å². The Morgan fingerprint density at radius 2 is 1.70 bits per heavy atom. The van der Waals surface area contributed by atoms with Crippen molar-refractivity contribution in [3.63, 3.8) is 0 Å². The quantitative estimate of drug-likeness (QED) is 0.674. The normalized spacial score (nSPS) is 14.2. The highest BCUT2D eigenvalue weighted by atomic mass is 16.2. The number of hydrogen-bond donors (Lipinski definition) is 0. The third-order valence-corrected chi connectivity index (χ3v) is 5.25. The minimum Gasteiger partial charge on any atom is -0.340 e. The van der Waals surface area contributed by atoms with Gasteiger partial charge in [0.15, 0.2) is 0 Å². The van der Waals surface area contributed by atoms with Gasteiger partial charge in [-0.25, -0.2) is 0 Å². The van der Waals surface area contributed by atoms with Crippen LogP contribution in [0.2, 0.25) is 0 Å². The summed E-state index contributed by atoms with van der Waals surface area (Å²) in [6.07, 6.45) is 4.19. The van der Waals surface area contributed by atoms with Crippen LogP contribution in [0, 0.1) is 11.3 Å². The van der Waals surface area contributed by atoms with Crippen LogP contribution in [0.3, 0.4) is 0 Å². The molecule has 0 saturated carbocycles. The third kappa shape index (κ3) is 6.13. The molecule has 30 heavy (non-hydrogen) atoms. The molecule has 0 aliphatic carbocycles. The van der Waals surface area contributed by atoms with Crippen LogP contribution in [0.25, 0.3) is 0 Å². The molecule has 0 N–H and O–H groups in total. The van der Waals surface area contributed by atoms with Crippen molar-refractivity contribution in [3.05, 3.63) is 60.4 Å². The van der Waals surface area contributed by atoms with E-state index < -0.39 is 0 Å². The number of para-hydroxylation sites is 1. The lowest BCUT2D eigenvalue weighted by atomic mass is 10.2. The van der Waals surface area contributed by atoms with E-state index in [4.69, 9.17) is 5.26 Å². The predicted molar refractivity (Wildman–Crippen MR) is 114 cm³/mol. The Morgan fingerprint density at radius 1 is 1.00 bits per heavy atom. The smallest absolute Gasteiger partial charge is 0.227 e. The molecule has 7 nitrogen and oxygen atoms in total. The molecular formula is C23H27N5O2. The highest BCUT2D eigenvalue weighted by Gasteiger charge is 2.23. The van der Waals surface area contributed by atoms with Gasteiger partial charge < -0.3 is 9.80 Å². The first kappa shape index (κ1) is 21.5. The number of anilines is 1. The van der Waals surface area contributed by atoms with E-state index in [0.717, 1.165) is 25.3 Å². The maximum atomic E-state index is 12.7. The molecule has 156 valence electrons. The zero-order chi connectivity index (χ0) is 21.2. The van der Waals surface area contributed by atoms with Crippen LogP contribution in [0.1, 0.15) is 24.8 Å². The molecule has 2 heterocycles. The fourth-order valence-corrected chi connectivity index (χ4v) is 3.58. The van der Waals surface area contributed by atoms with Gasteiger partial charge in [0.05, 0.1) is 12.5 Å². The Bertz CT molecular complexity index is 858. The molecule has 1 aliphatic heterocycles. The highest BCUT2D eigenvalue weighted by molar-refractivity contribution is 5.95. The summed E-state index contributed by atoms with van der Waals surface area (Å²) in [5.41, 5.74) is 1.98. The number of piperazine rings is 1. The highest BCUT2D eigenvalue weighted by Crippen LogP contribution is 2.16. The number of nitriles is 1. The maximum Gasteiger partial charge on any atom is 0.227 e. The van der Waals surface area contributed by atoms with Gasteiger partial charge in [-0.05, 0) is 29.8 Å². The van der Waals surface area contributed by atoms with Crippen molar-refractivity contribution >= 4 is 17.5 Å². The van der Waals surface area contributed by atoms with E-state index in [1.807, 2.05) is 47.4 Å². The molecule has 2 amide bonds. The molecule has 1 aliphatic rings. The summed E-state index contributed by atoms with van der Waals surface area (Å²) in [4.78, 5) is 35.1. The summed E-state index contributed by atoms with van der Waals surface area (Å²) in [5, 5.41) is 8.89. The molecule has 0 atom stereocenters. The molecular weight excluding hydrogens is 378 g/mol. The number of carbonyl (C=O) groups excluding carboxylic acids is 2. The van der Waals surface area contributed by atoms with Crippen molar-refractivity contribution in [2.24, 2.45) is 0 Å². The van der Waals surface area contributed by atoms with Gasteiger partial charge in [-0.1, -0.05) is 18.2 Å². The summed E-state index contributed by atoms with van der Waals surface area (Å²) >= 11 is 0. The van der Waals surface area contributed by atoms with Crippen molar-refractivity contribution in [2.75, 3.05) is 37.6 Å². The molecule has 1 fully saturated rings. The largest absolute Gasteiger partial charge is 0.340 e. The number of benzene rings is 1. The fraction of sp³-hybridized carbons (Fsp3) is 0.391. The number of rotatable bonds is 8. The summed E-state index contributed by atoms with van der Waals surface area (Å²) in [7, 11) is 0. The van der Waals surface area contributed by atoms with Crippen molar-refractivity contribution in [3.8, 4) is 6.07 Å². The van der Waals surface area contributed by atoms with Crippen molar-refractivity contribution in [2.45, 2.75) is 25.8 Å². The van der Waals surface area contributed by atoms with Gasteiger partial charge in [0, 0.05) is 70.2 Å². The van der Waals surface area contributed by atoms with Crippen LogP contribution >= 0.6 is 0 Å². The fourth-order valence-electron chi connectivity index (χ4n) is 3.58. The second kappa shape index (κ2) is 11.1. The average molecular weight is 406 g/mol. The SMILES string of the molecule is N#CCCN(C(=O)CCC(=O)N1CCN(Cc2ccncc2)CC1)c1ccccc1. The summed E-state index contributed by atoms with van der Waals surface area (Å²) < 4.78 is 0. The van der Waals surface area contributed by atoms with Crippen LogP contribution in [-0.2, 0) is 16.1 Å². The first-order valence-corrected chi connectivity index (χ1v) is 10.3. The van der Waals surface area contributed by atoms with E-state index in [2.05, 4.69) is 16.0 Å². The zero-order valence-corrected chi connectivity index (χ0v) is 17.1. The molecule has 0 radical (unpaired) electrons. The maximum absolute atomic E-state index is 12.7. The molecule has 3 rings (SSSR count).